The zero-order valence-corrected chi connectivity index (χ0v) is 13.6. The normalized spacial score (nSPS) is 11.1. The lowest BCUT2D eigenvalue weighted by Gasteiger charge is -2.29. The largest absolute Gasteiger partial charge is 0.330 e. The first-order valence-electron chi connectivity index (χ1n) is 6.56. The van der Waals surface area contributed by atoms with Crippen molar-refractivity contribution < 1.29 is 4.79 Å². The number of likely N-dealkylation sites (N-methyl/N-ethyl adjacent to an activating group) is 2. The van der Waals surface area contributed by atoms with Crippen LogP contribution in [0.15, 0.2) is 30.3 Å². The number of rotatable bonds is 6. The predicted molar refractivity (Wildman–Crippen MR) is 87.4 cm³/mol. The lowest BCUT2D eigenvalue weighted by Crippen LogP contribution is -2.42. The molecule has 4 nitrogen and oxygen atoms in total. The van der Waals surface area contributed by atoms with Crippen LogP contribution in [0.1, 0.15) is 13.8 Å². The molecule has 1 amide bonds. The third kappa shape index (κ3) is 5.90. The van der Waals surface area contributed by atoms with Crippen molar-refractivity contribution in [3.63, 3.8) is 0 Å². The minimum atomic E-state index is 0. The van der Waals surface area contributed by atoms with E-state index in [0.717, 1.165) is 12.2 Å². The molecule has 1 aromatic rings. The summed E-state index contributed by atoms with van der Waals surface area (Å²) in [5, 5.41) is 0. The van der Waals surface area contributed by atoms with Crippen LogP contribution in [-0.2, 0) is 4.79 Å². The molecular weight excluding hydrogens is 274 g/mol. The van der Waals surface area contributed by atoms with Crippen molar-refractivity contribution in [1.82, 2.24) is 4.90 Å². The lowest BCUT2D eigenvalue weighted by molar-refractivity contribution is -0.119. The van der Waals surface area contributed by atoms with E-state index in [2.05, 4.69) is 13.8 Å². The second-order valence-corrected chi connectivity index (χ2v) is 5.83. The molecule has 0 fully saturated rings. The first kappa shape index (κ1) is 18.9. The molecule has 0 aliphatic rings. The molecule has 5 heteroatoms. The molecule has 114 valence electrons. The first-order chi connectivity index (χ1) is 8.85. The van der Waals surface area contributed by atoms with E-state index in [9.17, 15) is 4.79 Å². The smallest absolute Gasteiger partial charge is 0.240 e. The Bertz CT molecular complexity index is 409. The summed E-state index contributed by atoms with van der Waals surface area (Å²) in [7, 11) is 3.76. The van der Waals surface area contributed by atoms with E-state index in [0.29, 0.717) is 13.1 Å². The van der Waals surface area contributed by atoms with Gasteiger partial charge in [-0.3, -0.25) is 9.69 Å². The van der Waals surface area contributed by atoms with Crippen LogP contribution in [0.5, 0.6) is 0 Å². The van der Waals surface area contributed by atoms with E-state index in [-0.39, 0.29) is 23.7 Å². The molecule has 0 aromatic heterocycles. The Hall–Kier alpha value is -1.10. The minimum Gasteiger partial charge on any atom is -0.330 e. The zero-order valence-electron chi connectivity index (χ0n) is 12.8. The number of benzene rings is 1. The fourth-order valence-corrected chi connectivity index (χ4v) is 1.98. The minimum absolute atomic E-state index is 0. The number of amides is 1. The van der Waals surface area contributed by atoms with Crippen LogP contribution in [0.2, 0.25) is 0 Å². The Labute approximate surface area is 128 Å². The molecule has 0 aliphatic carbocycles. The van der Waals surface area contributed by atoms with Crippen LogP contribution in [-0.4, -0.2) is 44.5 Å². The van der Waals surface area contributed by atoms with Crippen LogP contribution in [0.3, 0.4) is 0 Å². The average molecular weight is 300 g/mol. The van der Waals surface area contributed by atoms with Gasteiger partial charge >= 0.3 is 0 Å². The Kier molecular flexibility index (Phi) is 7.79. The molecular formula is C15H26ClN3O. The van der Waals surface area contributed by atoms with Crippen LogP contribution in [0.25, 0.3) is 0 Å². The number of hydrogen-bond donors (Lipinski definition) is 1. The molecule has 0 bridgehead atoms. The monoisotopic (exact) mass is 299 g/mol. The van der Waals surface area contributed by atoms with E-state index in [1.165, 1.54) is 0 Å². The highest BCUT2D eigenvalue weighted by Crippen LogP contribution is 2.15. The van der Waals surface area contributed by atoms with Crippen LogP contribution in [0.4, 0.5) is 5.69 Å². The standard InChI is InChI=1S/C15H25N3O.ClH/c1-15(2,11-16)12-17(3)10-14(19)18(4)13-8-6-5-7-9-13;/h5-9H,10-12,16H2,1-4H3;1H. The molecule has 0 radical (unpaired) electrons. The van der Waals surface area contributed by atoms with Crippen molar-refractivity contribution in [2.75, 3.05) is 38.6 Å². The summed E-state index contributed by atoms with van der Waals surface area (Å²) in [5.74, 6) is 0.0847. The van der Waals surface area contributed by atoms with E-state index in [1.54, 1.807) is 11.9 Å². The average Bonchev–Trinajstić information content (AvgIpc) is 2.38. The van der Waals surface area contributed by atoms with Gasteiger partial charge in [-0.15, -0.1) is 12.4 Å². The fraction of sp³-hybridized carbons (Fsp3) is 0.533. The summed E-state index contributed by atoms with van der Waals surface area (Å²) in [6.45, 7) is 6.02. The van der Waals surface area contributed by atoms with Gasteiger partial charge in [0, 0.05) is 19.3 Å². The summed E-state index contributed by atoms with van der Waals surface area (Å²) in [5.41, 5.74) is 6.66. The molecule has 0 saturated carbocycles. The van der Waals surface area contributed by atoms with Gasteiger partial charge in [0.1, 0.15) is 0 Å². The van der Waals surface area contributed by atoms with E-state index in [4.69, 9.17) is 5.73 Å². The molecule has 1 rings (SSSR count). The van der Waals surface area contributed by atoms with Gasteiger partial charge in [-0.25, -0.2) is 0 Å². The maximum Gasteiger partial charge on any atom is 0.240 e. The van der Waals surface area contributed by atoms with Crippen molar-refractivity contribution in [3.05, 3.63) is 30.3 Å². The Morgan fingerprint density at radius 1 is 1.20 bits per heavy atom. The molecule has 0 heterocycles. The summed E-state index contributed by atoms with van der Waals surface area (Å²) in [6.07, 6.45) is 0. The number of hydrogen-bond acceptors (Lipinski definition) is 3. The van der Waals surface area contributed by atoms with Crippen LogP contribution < -0.4 is 10.6 Å². The quantitative estimate of drug-likeness (QED) is 0.874. The first-order valence-corrected chi connectivity index (χ1v) is 6.56. The Balaban J connectivity index is 0.00000361. The van der Waals surface area contributed by atoms with Gasteiger partial charge in [0.2, 0.25) is 5.91 Å². The zero-order chi connectivity index (χ0) is 14.5. The third-order valence-corrected chi connectivity index (χ3v) is 3.17. The van der Waals surface area contributed by atoms with Crippen molar-refractivity contribution >= 4 is 24.0 Å². The number of carbonyl (C=O) groups is 1. The highest BCUT2D eigenvalue weighted by atomic mass is 35.5. The molecule has 20 heavy (non-hydrogen) atoms. The molecule has 2 N–H and O–H groups in total. The van der Waals surface area contributed by atoms with Gasteiger partial charge in [-0.1, -0.05) is 32.0 Å². The van der Waals surface area contributed by atoms with Gasteiger partial charge in [0.05, 0.1) is 6.54 Å². The molecule has 0 unspecified atom stereocenters. The molecule has 0 saturated heterocycles. The summed E-state index contributed by atoms with van der Waals surface area (Å²) in [6, 6.07) is 9.67. The molecule has 0 spiro atoms. The van der Waals surface area contributed by atoms with E-state index < -0.39 is 0 Å². The Morgan fingerprint density at radius 2 is 1.75 bits per heavy atom. The molecule has 0 atom stereocenters. The van der Waals surface area contributed by atoms with Gasteiger partial charge < -0.3 is 10.6 Å². The van der Waals surface area contributed by atoms with Gasteiger partial charge in [-0.05, 0) is 31.1 Å². The number of anilines is 1. The number of nitrogens with zero attached hydrogens (tertiary/aromatic N) is 2. The van der Waals surface area contributed by atoms with Crippen molar-refractivity contribution in [2.24, 2.45) is 11.1 Å². The Morgan fingerprint density at radius 3 is 2.25 bits per heavy atom. The predicted octanol–water partition coefficient (Wildman–Crippen LogP) is 1.99. The fourth-order valence-electron chi connectivity index (χ4n) is 1.98. The summed E-state index contributed by atoms with van der Waals surface area (Å²) in [4.78, 5) is 15.9. The maximum atomic E-state index is 12.2. The van der Waals surface area contributed by atoms with Gasteiger partial charge in [0.15, 0.2) is 0 Å². The van der Waals surface area contributed by atoms with Crippen molar-refractivity contribution in [3.8, 4) is 0 Å². The SMILES string of the molecule is CN(CC(=O)N(C)c1ccccc1)CC(C)(C)CN.Cl. The van der Waals surface area contributed by atoms with Gasteiger partial charge in [-0.2, -0.15) is 0 Å². The van der Waals surface area contributed by atoms with Gasteiger partial charge in [0.25, 0.3) is 0 Å². The maximum absolute atomic E-state index is 12.2. The number of nitrogens with two attached hydrogens (primary N) is 1. The van der Waals surface area contributed by atoms with Crippen LogP contribution >= 0.6 is 12.4 Å². The topological polar surface area (TPSA) is 49.6 Å². The van der Waals surface area contributed by atoms with Crippen molar-refractivity contribution in [1.29, 1.82) is 0 Å². The second kappa shape index (κ2) is 8.25. The highest BCUT2D eigenvalue weighted by molar-refractivity contribution is 5.94. The second-order valence-electron chi connectivity index (χ2n) is 5.83. The number of para-hydroxylation sites is 1. The lowest BCUT2D eigenvalue weighted by atomic mass is 9.93. The number of carbonyl (C=O) groups excluding carboxylic acids is 1. The number of halogens is 1. The molecule has 1 aromatic carbocycles. The third-order valence-electron chi connectivity index (χ3n) is 3.17. The molecule has 0 aliphatic heterocycles. The van der Waals surface area contributed by atoms with Crippen molar-refractivity contribution in [2.45, 2.75) is 13.8 Å². The van der Waals surface area contributed by atoms with E-state index in [1.807, 2.05) is 42.3 Å². The summed E-state index contributed by atoms with van der Waals surface area (Å²) >= 11 is 0. The highest BCUT2D eigenvalue weighted by Gasteiger charge is 2.20. The van der Waals surface area contributed by atoms with Crippen LogP contribution in [0, 0.1) is 5.41 Å². The van der Waals surface area contributed by atoms with E-state index >= 15 is 0 Å². The summed E-state index contributed by atoms with van der Waals surface area (Å²) < 4.78 is 0.